The van der Waals surface area contributed by atoms with Gasteiger partial charge in [-0.3, -0.25) is 9.59 Å². The summed E-state index contributed by atoms with van der Waals surface area (Å²) in [5.41, 5.74) is 1.76. The Bertz CT molecular complexity index is 1180. The smallest absolute Gasteiger partial charge is 0.230 e. The fourth-order valence-corrected chi connectivity index (χ4v) is 3.86. The third kappa shape index (κ3) is 7.02. The lowest BCUT2D eigenvalue weighted by Crippen LogP contribution is -2.31. The van der Waals surface area contributed by atoms with Crippen molar-refractivity contribution in [1.82, 2.24) is 15.3 Å². The average molecular weight is 507 g/mol. The van der Waals surface area contributed by atoms with Gasteiger partial charge in [0.2, 0.25) is 5.91 Å². The van der Waals surface area contributed by atoms with Gasteiger partial charge in [0.15, 0.2) is 5.78 Å². The van der Waals surface area contributed by atoms with Crippen LogP contribution in [0.3, 0.4) is 0 Å². The largest absolute Gasteiger partial charge is 0.494 e. The third-order valence-corrected chi connectivity index (χ3v) is 5.87. The normalized spacial score (nSPS) is 10.8. The molecular formula is C23H24ClFN4O4S. The number of hydrogen-bond donors (Lipinski definition) is 3. The van der Waals surface area contributed by atoms with Crippen LogP contribution in [0.15, 0.2) is 36.7 Å². The molecule has 0 bridgehead atoms. The summed E-state index contributed by atoms with van der Waals surface area (Å²) >= 11 is 7.17. The molecule has 11 heteroatoms. The highest BCUT2D eigenvalue weighted by Gasteiger charge is 2.15. The van der Waals surface area contributed by atoms with Gasteiger partial charge in [0, 0.05) is 34.9 Å². The molecule has 0 spiro atoms. The van der Waals surface area contributed by atoms with Crippen molar-refractivity contribution < 1.29 is 23.8 Å². The third-order valence-electron chi connectivity index (χ3n) is 4.64. The maximum absolute atomic E-state index is 13.5. The molecule has 0 unspecified atom stereocenters. The standard InChI is InChI=1S/C23H24ClFN4O4S/c1-2-33-21-10-20-17(8-14(21)7-16(31)11-26-22(32)12-34-6-5-30)23(28-13-27-20)29-15-3-4-19(25)18(24)9-15/h3-4,8-10,13,30H,2,5-7,11-12H2,1H3,(H,26,32)(H,27,28,29). The van der Waals surface area contributed by atoms with E-state index in [-0.39, 0.29) is 42.0 Å². The topological polar surface area (TPSA) is 113 Å². The molecule has 8 nitrogen and oxygen atoms in total. The predicted octanol–water partition coefficient (Wildman–Crippen LogP) is 3.52. The molecule has 1 aromatic heterocycles. The number of fused-ring (bicyclic) bond motifs is 1. The van der Waals surface area contributed by atoms with Gasteiger partial charge in [-0.15, -0.1) is 11.8 Å². The lowest BCUT2D eigenvalue weighted by molar-refractivity contribution is -0.123. The van der Waals surface area contributed by atoms with Crippen LogP contribution in [0.2, 0.25) is 5.02 Å². The quantitative estimate of drug-likeness (QED) is 0.320. The van der Waals surface area contributed by atoms with Crippen LogP contribution >= 0.6 is 23.4 Å². The van der Waals surface area contributed by atoms with Crippen molar-refractivity contribution in [2.75, 3.05) is 36.6 Å². The van der Waals surface area contributed by atoms with E-state index in [0.717, 1.165) is 0 Å². The van der Waals surface area contributed by atoms with Crippen molar-refractivity contribution in [2.24, 2.45) is 0 Å². The van der Waals surface area contributed by atoms with Gasteiger partial charge in [0.25, 0.3) is 0 Å². The molecule has 180 valence electrons. The molecule has 0 radical (unpaired) electrons. The first-order valence-corrected chi connectivity index (χ1v) is 12.0. The number of aliphatic hydroxyl groups is 1. The van der Waals surface area contributed by atoms with E-state index in [1.807, 2.05) is 6.92 Å². The number of nitrogens with one attached hydrogen (secondary N) is 2. The van der Waals surface area contributed by atoms with Crippen molar-refractivity contribution in [3.8, 4) is 5.75 Å². The molecule has 34 heavy (non-hydrogen) atoms. The Balaban J connectivity index is 1.81. The highest BCUT2D eigenvalue weighted by atomic mass is 35.5. The van der Waals surface area contributed by atoms with Gasteiger partial charge in [-0.2, -0.15) is 0 Å². The van der Waals surface area contributed by atoms with E-state index >= 15 is 0 Å². The summed E-state index contributed by atoms with van der Waals surface area (Å²) in [5.74, 6) is 0.611. The van der Waals surface area contributed by atoms with Crippen molar-refractivity contribution in [3.63, 3.8) is 0 Å². The molecule has 0 saturated heterocycles. The van der Waals surface area contributed by atoms with Crippen LogP contribution in [0.4, 0.5) is 15.9 Å². The summed E-state index contributed by atoms with van der Waals surface area (Å²) in [6.45, 7) is 2.11. The number of thioether (sulfide) groups is 1. The molecule has 0 atom stereocenters. The zero-order valence-electron chi connectivity index (χ0n) is 18.4. The summed E-state index contributed by atoms with van der Waals surface area (Å²) in [5, 5.41) is 15.1. The van der Waals surface area contributed by atoms with Crippen LogP contribution in [0.1, 0.15) is 12.5 Å². The van der Waals surface area contributed by atoms with E-state index in [1.165, 1.54) is 36.3 Å². The SMILES string of the molecule is CCOc1cc2ncnc(Nc3ccc(F)c(Cl)c3)c2cc1CC(=O)CNC(=O)CSCCO. The first kappa shape index (κ1) is 25.7. The Labute approximate surface area is 205 Å². The molecule has 3 N–H and O–H groups in total. The minimum Gasteiger partial charge on any atom is -0.494 e. The van der Waals surface area contributed by atoms with Crippen LogP contribution in [0.5, 0.6) is 5.75 Å². The average Bonchev–Trinajstić information content (AvgIpc) is 2.81. The zero-order chi connectivity index (χ0) is 24.5. The fourth-order valence-electron chi connectivity index (χ4n) is 3.12. The number of anilines is 2. The van der Waals surface area contributed by atoms with Crippen molar-refractivity contribution in [3.05, 3.63) is 53.1 Å². The van der Waals surface area contributed by atoms with Gasteiger partial charge in [0.05, 0.1) is 36.1 Å². The summed E-state index contributed by atoms with van der Waals surface area (Å²) in [6.07, 6.45) is 1.42. The Morgan fingerprint density at radius 1 is 1.24 bits per heavy atom. The second-order valence-electron chi connectivity index (χ2n) is 7.15. The fraction of sp³-hybridized carbons (Fsp3) is 0.304. The Morgan fingerprint density at radius 2 is 2.06 bits per heavy atom. The number of nitrogens with zero attached hydrogens (tertiary/aromatic N) is 2. The number of ketones is 1. The number of Topliss-reactive ketones (excluding diaryl/α,β-unsaturated/α-hetero) is 1. The van der Waals surface area contributed by atoms with Gasteiger partial charge >= 0.3 is 0 Å². The number of aromatic nitrogens is 2. The van der Waals surface area contributed by atoms with Gasteiger partial charge in [-0.05, 0) is 31.2 Å². The van der Waals surface area contributed by atoms with Crippen LogP contribution in [0, 0.1) is 5.82 Å². The molecule has 3 rings (SSSR count). The van der Waals surface area contributed by atoms with Crippen molar-refractivity contribution in [2.45, 2.75) is 13.3 Å². The first-order chi connectivity index (χ1) is 16.4. The molecule has 3 aromatic rings. The summed E-state index contributed by atoms with van der Waals surface area (Å²) in [4.78, 5) is 33.0. The number of aliphatic hydroxyl groups excluding tert-OH is 1. The van der Waals surface area contributed by atoms with E-state index in [9.17, 15) is 14.0 Å². The zero-order valence-corrected chi connectivity index (χ0v) is 20.0. The van der Waals surface area contributed by atoms with E-state index < -0.39 is 5.82 Å². The van der Waals surface area contributed by atoms with Crippen LogP contribution in [0.25, 0.3) is 10.9 Å². The number of amides is 1. The number of halogens is 2. The Kier molecular flexibility index (Phi) is 9.43. The van der Waals surface area contributed by atoms with E-state index in [0.29, 0.717) is 46.1 Å². The van der Waals surface area contributed by atoms with Gasteiger partial charge in [-0.25, -0.2) is 14.4 Å². The minimum atomic E-state index is -0.527. The molecule has 0 aliphatic carbocycles. The lowest BCUT2D eigenvalue weighted by Gasteiger charge is -2.14. The van der Waals surface area contributed by atoms with Gasteiger partial charge in [0.1, 0.15) is 23.7 Å². The molecule has 0 aliphatic rings. The van der Waals surface area contributed by atoms with Crippen molar-refractivity contribution >= 4 is 57.5 Å². The van der Waals surface area contributed by atoms with E-state index in [4.69, 9.17) is 21.4 Å². The van der Waals surface area contributed by atoms with Crippen molar-refractivity contribution in [1.29, 1.82) is 0 Å². The maximum atomic E-state index is 13.5. The molecule has 0 aliphatic heterocycles. The van der Waals surface area contributed by atoms with E-state index in [2.05, 4.69) is 20.6 Å². The molecule has 1 amide bonds. The maximum Gasteiger partial charge on any atom is 0.230 e. The predicted molar refractivity (Wildman–Crippen MR) is 132 cm³/mol. The summed E-state index contributed by atoms with van der Waals surface area (Å²) < 4.78 is 19.2. The van der Waals surface area contributed by atoms with Crippen LogP contribution in [-0.2, 0) is 16.0 Å². The number of ether oxygens (including phenoxy) is 1. The first-order valence-electron chi connectivity index (χ1n) is 10.5. The second-order valence-corrected chi connectivity index (χ2v) is 8.67. The summed E-state index contributed by atoms with van der Waals surface area (Å²) in [6, 6.07) is 7.74. The van der Waals surface area contributed by atoms with Crippen LogP contribution < -0.4 is 15.4 Å². The number of carbonyl (C=O) groups excluding carboxylic acids is 2. The number of benzene rings is 2. The molecule has 1 heterocycles. The Morgan fingerprint density at radius 3 is 2.79 bits per heavy atom. The van der Waals surface area contributed by atoms with Gasteiger partial charge < -0.3 is 20.5 Å². The monoisotopic (exact) mass is 506 g/mol. The second kappa shape index (κ2) is 12.5. The number of rotatable bonds is 12. The summed E-state index contributed by atoms with van der Waals surface area (Å²) in [7, 11) is 0. The highest BCUT2D eigenvalue weighted by molar-refractivity contribution is 7.99. The van der Waals surface area contributed by atoms with Gasteiger partial charge in [-0.1, -0.05) is 11.6 Å². The molecule has 0 saturated carbocycles. The number of hydrogen-bond acceptors (Lipinski definition) is 8. The van der Waals surface area contributed by atoms with Crippen LogP contribution in [-0.4, -0.2) is 58.0 Å². The lowest BCUT2D eigenvalue weighted by atomic mass is 10.0. The highest BCUT2D eigenvalue weighted by Crippen LogP contribution is 2.31. The minimum absolute atomic E-state index is 0.00615. The van der Waals surface area contributed by atoms with E-state index in [1.54, 1.807) is 12.1 Å². The Hall–Kier alpha value is -2.95. The number of carbonyl (C=O) groups is 2. The molecule has 2 aromatic carbocycles. The molecule has 0 fully saturated rings. The molecular weight excluding hydrogens is 483 g/mol.